The number of carbonyl (C=O) groups is 1. The van der Waals surface area contributed by atoms with Crippen LogP contribution in [-0.2, 0) is 15.7 Å². The van der Waals surface area contributed by atoms with Crippen molar-refractivity contribution in [1.29, 1.82) is 0 Å². The van der Waals surface area contributed by atoms with E-state index in [2.05, 4.69) is 10.4 Å². The Balaban J connectivity index is 2.22. The molecule has 0 saturated heterocycles. The lowest BCUT2D eigenvalue weighted by atomic mass is 10.1. The van der Waals surface area contributed by atoms with Crippen LogP contribution in [0.3, 0.4) is 0 Å². The average Bonchev–Trinajstić information content (AvgIpc) is 2.67. The molecule has 0 radical (unpaired) electrons. The zero-order valence-corrected chi connectivity index (χ0v) is 15.9. The number of nitrogens with one attached hydrogen (secondary N) is 1. The minimum absolute atomic E-state index is 0.0126. The van der Waals surface area contributed by atoms with Crippen molar-refractivity contribution in [3.63, 3.8) is 0 Å². The molecule has 0 aromatic heterocycles. The number of hydrogen-bond donors (Lipinski definition) is 3. The predicted octanol–water partition coefficient (Wildman–Crippen LogP) is 3.20. The van der Waals surface area contributed by atoms with E-state index in [0.29, 0.717) is 16.9 Å². The number of hydrazone groups is 1. The quantitative estimate of drug-likeness (QED) is 0.213. The van der Waals surface area contributed by atoms with Gasteiger partial charge in [0, 0.05) is 16.9 Å². The van der Waals surface area contributed by atoms with Crippen molar-refractivity contribution in [3.05, 3.63) is 59.7 Å². The number of halogens is 3. The van der Waals surface area contributed by atoms with Crippen LogP contribution in [0.2, 0.25) is 0 Å². The normalized spacial score (nSPS) is 13.0. The maximum atomic E-state index is 12.7. The Morgan fingerprint density at radius 3 is 2.41 bits per heavy atom. The predicted molar refractivity (Wildman–Crippen MR) is 104 cm³/mol. The van der Waals surface area contributed by atoms with Crippen molar-refractivity contribution < 1.29 is 22.7 Å². The van der Waals surface area contributed by atoms with Gasteiger partial charge in [-0.05, 0) is 50.2 Å². The number of amidine groups is 1. The Kier molecular flexibility index (Phi) is 7.05. The van der Waals surface area contributed by atoms with Crippen LogP contribution in [0.4, 0.5) is 24.5 Å². The largest absolute Gasteiger partial charge is 0.464 e. The van der Waals surface area contributed by atoms with E-state index in [0.717, 1.165) is 17.3 Å². The number of nitrogens with two attached hydrogens (primary N) is 2. The molecule has 1 atom stereocenters. The SMILES string of the molecule is CCOC(=O)C(C)N(N)/N=C(\N)c1ccccc1Nc1ccc(C(F)(F)F)cc1. The molecule has 0 aliphatic rings. The summed E-state index contributed by atoms with van der Waals surface area (Å²) in [4.78, 5) is 11.8. The smallest absolute Gasteiger partial charge is 0.416 e. The van der Waals surface area contributed by atoms with Crippen LogP contribution < -0.4 is 16.9 Å². The molecule has 5 N–H and O–H groups in total. The molecule has 1 unspecified atom stereocenters. The molecule has 29 heavy (non-hydrogen) atoms. The maximum absolute atomic E-state index is 12.7. The van der Waals surface area contributed by atoms with E-state index in [1.807, 2.05) is 0 Å². The van der Waals surface area contributed by atoms with Crippen LogP contribution in [0.25, 0.3) is 0 Å². The Morgan fingerprint density at radius 1 is 1.21 bits per heavy atom. The number of hydrogen-bond acceptors (Lipinski definition) is 6. The van der Waals surface area contributed by atoms with Crippen LogP contribution in [-0.4, -0.2) is 29.6 Å². The van der Waals surface area contributed by atoms with Gasteiger partial charge in [0.05, 0.1) is 12.2 Å². The van der Waals surface area contributed by atoms with Crippen LogP contribution in [0.15, 0.2) is 53.6 Å². The molecule has 2 aromatic rings. The summed E-state index contributed by atoms with van der Waals surface area (Å²) in [5, 5.41) is 7.90. The summed E-state index contributed by atoms with van der Waals surface area (Å²) in [7, 11) is 0. The van der Waals surface area contributed by atoms with Gasteiger partial charge in [0.25, 0.3) is 0 Å². The molecule has 7 nitrogen and oxygen atoms in total. The first-order chi connectivity index (χ1) is 13.6. The average molecular weight is 409 g/mol. The van der Waals surface area contributed by atoms with Crippen LogP contribution in [0.5, 0.6) is 0 Å². The van der Waals surface area contributed by atoms with Crippen molar-refractivity contribution >= 4 is 23.2 Å². The van der Waals surface area contributed by atoms with Crippen molar-refractivity contribution in [2.75, 3.05) is 11.9 Å². The first kappa shape index (κ1) is 22.0. The van der Waals surface area contributed by atoms with Crippen molar-refractivity contribution in [3.8, 4) is 0 Å². The summed E-state index contributed by atoms with van der Waals surface area (Å²) < 4.78 is 43.0. The molecule has 0 aliphatic carbocycles. The third-order valence-electron chi connectivity index (χ3n) is 3.94. The van der Waals surface area contributed by atoms with Crippen molar-refractivity contribution in [1.82, 2.24) is 5.12 Å². The Labute approximate surface area is 166 Å². The number of carbonyl (C=O) groups excluding carboxylic acids is 1. The van der Waals surface area contributed by atoms with Crippen LogP contribution in [0.1, 0.15) is 25.0 Å². The molecule has 0 amide bonds. The number of rotatable bonds is 7. The van der Waals surface area contributed by atoms with Gasteiger partial charge in [-0.2, -0.15) is 13.2 Å². The van der Waals surface area contributed by atoms with Gasteiger partial charge in [-0.3, -0.25) is 0 Å². The second kappa shape index (κ2) is 9.28. The molecule has 2 rings (SSSR count). The Hall–Kier alpha value is -3.27. The van der Waals surface area contributed by atoms with Gasteiger partial charge in [-0.25, -0.2) is 15.8 Å². The highest BCUT2D eigenvalue weighted by atomic mass is 19.4. The fourth-order valence-electron chi connectivity index (χ4n) is 2.35. The Morgan fingerprint density at radius 2 is 1.83 bits per heavy atom. The number of nitrogens with zero attached hydrogens (tertiary/aromatic N) is 2. The first-order valence-corrected chi connectivity index (χ1v) is 8.71. The molecular formula is C19H22F3N5O2. The molecule has 10 heteroatoms. The molecule has 2 aromatic carbocycles. The summed E-state index contributed by atoms with van der Waals surface area (Å²) in [6, 6.07) is 10.5. The summed E-state index contributed by atoms with van der Waals surface area (Å²) in [6.45, 7) is 3.39. The molecule has 0 fully saturated rings. The molecule has 0 aliphatic heterocycles. The van der Waals surface area contributed by atoms with E-state index < -0.39 is 23.8 Å². The third kappa shape index (κ3) is 5.85. The number of hydrazine groups is 1. The maximum Gasteiger partial charge on any atom is 0.416 e. The monoisotopic (exact) mass is 409 g/mol. The number of ether oxygens (including phenoxy) is 1. The summed E-state index contributed by atoms with van der Waals surface area (Å²) in [6.07, 6.45) is -4.41. The molecule has 0 heterocycles. The minimum atomic E-state index is -4.41. The highest BCUT2D eigenvalue weighted by Gasteiger charge is 2.30. The number of anilines is 2. The number of benzene rings is 2. The molecule has 0 spiro atoms. The summed E-state index contributed by atoms with van der Waals surface area (Å²) in [5.41, 5.74) is 6.68. The molecule has 0 saturated carbocycles. The lowest BCUT2D eigenvalue weighted by Gasteiger charge is -2.20. The summed E-state index contributed by atoms with van der Waals surface area (Å²) >= 11 is 0. The van der Waals surface area contributed by atoms with Crippen LogP contribution >= 0.6 is 0 Å². The first-order valence-electron chi connectivity index (χ1n) is 8.71. The third-order valence-corrected chi connectivity index (χ3v) is 3.94. The molecule has 156 valence electrons. The number of alkyl halides is 3. The highest BCUT2D eigenvalue weighted by molar-refractivity contribution is 6.02. The highest BCUT2D eigenvalue weighted by Crippen LogP contribution is 2.30. The number of para-hydroxylation sites is 1. The second-order valence-corrected chi connectivity index (χ2v) is 6.04. The lowest BCUT2D eigenvalue weighted by molar-refractivity contribution is -0.149. The van der Waals surface area contributed by atoms with E-state index in [-0.39, 0.29) is 12.4 Å². The van der Waals surface area contributed by atoms with Gasteiger partial charge in [-0.1, -0.05) is 12.1 Å². The van der Waals surface area contributed by atoms with Crippen molar-refractivity contribution in [2.24, 2.45) is 16.7 Å². The van der Waals surface area contributed by atoms with E-state index in [1.165, 1.54) is 19.1 Å². The van der Waals surface area contributed by atoms with Gasteiger partial charge in [-0.15, -0.1) is 5.10 Å². The van der Waals surface area contributed by atoms with Gasteiger partial charge in [0.2, 0.25) is 0 Å². The van der Waals surface area contributed by atoms with E-state index >= 15 is 0 Å². The number of esters is 1. The van der Waals surface area contributed by atoms with E-state index in [9.17, 15) is 18.0 Å². The topological polar surface area (TPSA) is 106 Å². The fourth-order valence-corrected chi connectivity index (χ4v) is 2.35. The van der Waals surface area contributed by atoms with E-state index in [1.54, 1.807) is 31.2 Å². The van der Waals surface area contributed by atoms with Gasteiger partial charge >= 0.3 is 12.1 Å². The lowest BCUT2D eigenvalue weighted by Crippen LogP contribution is -2.42. The van der Waals surface area contributed by atoms with Gasteiger partial charge < -0.3 is 15.8 Å². The van der Waals surface area contributed by atoms with Gasteiger partial charge in [0.1, 0.15) is 0 Å². The summed E-state index contributed by atoms with van der Waals surface area (Å²) in [5.74, 6) is 5.24. The Bertz CT molecular complexity index is 869. The van der Waals surface area contributed by atoms with Crippen LogP contribution in [0, 0.1) is 0 Å². The van der Waals surface area contributed by atoms with Gasteiger partial charge in [0.15, 0.2) is 11.9 Å². The van der Waals surface area contributed by atoms with Crippen molar-refractivity contribution in [2.45, 2.75) is 26.1 Å². The second-order valence-electron chi connectivity index (χ2n) is 6.04. The zero-order chi connectivity index (χ0) is 21.6. The standard InChI is InChI=1S/C19H22F3N5O2/c1-3-29-18(28)12(2)27(24)26-17(23)15-6-4-5-7-16(15)25-14-10-8-13(9-11-14)19(20,21)22/h4-12,25H,3,24H2,1-2H3,(H2,23,26). The minimum Gasteiger partial charge on any atom is -0.464 e. The van der Waals surface area contributed by atoms with E-state index in [4.69, 9.17) is 16.3 Å². The zero-order valence-electron chi connectivity index (χ0n) is 15.9. The fraction of sp³-hybridized carbons (Fsp3) is 0.263. The molecular weight excluding hydrogens is 387 g/mol. The molecule has 0 bridgehead atoms.